The van der Waals surface area contributed by atoms with Gasteiger partial charge in [0.2, 0.25) is 0 Å². The molecule has 2 saturated heterocycles. The topological polar surface area (TPSA) is 136 Å². The van der Waals surface area contributed by atoms with Crippen LogP contribution < -0.4 is 11.1 Å². The van der Waals surface area contributed by atoms with Gasteiger partial charge in [-0.1, -0.05) is 0 Å². The van der Waals surface area contributed by atoms with Gasteiger partial charge in [-0.15, -0.1) is 0 Å². The number of aromatic amines is 2. The summed E-state index contributed by atoms with van der Waals surface area (Å²) in [5.74, 6) is 0.600. The first-order valence-electron chi connectivity index (χ1n) is 13.6. The number of hydrogen-bond acceptors (Lipinski definition) is 8. The number of nitrogens with zero attached hydrogens (tertiary/aromatic N) is 4. The third-order valence-corrected chi connectivity index (χ3v) is 7.15. The maximum Gasteiger partial charge on any atom is 0.423 e. The number of aromatic nitrogens is 6. The minimum Gasteiger partial charge on any atom is -0.381 e. The van der Waals surface area contributed by atoms with E-state index in [1.165, 1.54) is 12.4 Å². The molecule has 220 valence electrons. The number of pyridine rings is 2. The Morgan fingerprint density at radius 2 is 1.21 bits per heavy atom. The highest BCUT2D eigenvalue weighted by atomic mass is 19.4. The molecule has 0 saturated carbocycles. The van der Waals surface area contributed by atoms with E-state index in [0.717, 1.165) is 37.3 Å². The van der Waals surface area contributed by atoms with Crippen LogP contribution in [-0.4, -0.2) is 56.3 Å². The molecule has 6 rings (SSSR count). The van der Waals surface area contributed by atoms with Crippen LogP contribution in [0, 0.1) is 0 Å². The van der Waals surface area contributed by atoms with E-state index in [1.54, 1.807) is 30.6 Å². The molecule has 10 nitrogen and oxygen atoms in total. The van der Waals surface area contributed by atoms with Gasteiger partial charge in [-0.25, -0.2) is 9.97 Å². The summed E-state index contributed by atoms with van der Waals surface area (Å²) in [4.78, 5) is 45.4. The van der Waals surface area contributed by atoms with E-state index in [4.69, 9.17) is 9.47 Å². The van der Waals surface area contributed by atoms with Gasteiger partial charge in [-0.3, -0.25) is 19.6 Å². The fraction of sp³-hybridized carbons (Fsp3) is 0.379. The van der Waals surface area contributed by atoms with Crippen LogP contribution in [0.4, 0.5) is 13.2 Å². The van der Waals surface area contributed by atoms with E-state index in [-0.39, 0.29) is 17.1 Å². The predicted molar refractivity (Wildman–Crippen MR) is 147 cm³/mol. The SMILES string of the molecule is O=c1[nH]c(-c2ccncc2)nc(C2CCOCC2)c1C(F)(F)F.O=c1cc(C2CCOCC2)nc(-c2ccncc2)[nH]1. The first-order valence-corrected chi connectivity index (χ1v) is 13.6. The Hall–Kier alpha value is -4.23. The van der Waals surface area contributed by atoms with Gasteiger partial charge < -0.3 is 19.4 Å². The summed E-state index contributed by atoms with van der Waals surface area (Å²) < 4.78 is 50.4. The van der Waals surface area contributed by atoms with Crippen molar-refractivity contribution in [3.05, 3.63) is 92.8 Å². The molecular weight excluding hydrogens is 553 g/mol. The van der Waals surface area contributed by atoms with Gasteiger partial charge in [0.15, 0.2) is 0 Å². The van der Waals surface area contributed by atoms with Gasteiger partial charge in [-0.2, -0.15) is 13.2 Å². The Labute approximate surface area is 238 Å². The fourth-order valence-electron chi connectivity index (χ4n) is 5.00. The summed E-state index contributed by atoms with van der Waals surface area (Å²) >= 11 is 0. The zero-order valence-electron chi connectivity index (χ0n) is 22.6. The third-order valence-electron chi connectivity index (χ3n) is 7.15. The fourth-order valence-corrected chi connectivity index (χ4v) is 5.00. The normalized spacial score (nSPS) is 16.5. The Morgan fingerprint density at radius 3 is 1.74 bits per heavy atom. The molecule has 0 amide bonds. The molecule has 2 fully saturated rings. The second-order valence-electron chi connectivity index (χ2n) is 9.94. The molecule has 0 radical (unpaired) electrons. The lowest BCUT2D eigenvalue weighted by Gasteiger charge is -2.24. The van der Waals surface area contributed by atoms with Gasteiger partial charge >= 0.3 is 6.18 Å². The first kappa shape index (κ1) is 29.3. The second kappa shape index (κ2) is 13.2. The minimum atomic E-state index is -4.75. The van der Waals surface area contributed by atoms with Crippen molar-refractivity contribution in [1.82, 2.24) is 29.9 Å². The van der Waals surface area contributed by atoms with Crippen molar-refractivity contribution in [3.8, 4) is 22.8 Å². The summed E-state index contributed by atoms with van der Waals surface area (Å²) in [5.41, 5.74) is -0.429. The van der Waals surface area contributed by atoms with Crippen LogP contribution >= 0.6 is 0 Å². The molecule has 4 aromatic heterocycles. The number of rotatable bonds is 4. The number of ether oxygens (including phenoxy) is 2. The molecule has 13 heteroatoms. The monoisotopic (exact) mass is 582 g/mol. The van der Waals surface area contributed by atoms with Gasteiger partial charge in [0, 0.05) is 80.2 Å². The van der Waals surface area contributed by atoms with E-state index in [9.17, 15) is 22.8 Å². The van der Waals surface area contributed by atoms with E-state index < -0.39 is 23.2 Å². The van der Waals surface area contributed by atoms with Gasteiger partial charge in [0.05, 0.1) is 11.4 Å². The van der Waals surface area contributed by atoms with Crippen LogP contribution in [0.1, 0.15) is 54.5 Å². The molecular formula is C29H29F3N6O4. The molecule has 6 heterocycles. The number of H-pyrrole nitrogens is 2. The maximum absolute atomic E-state index is 13.3. The molecule has 0 spiro atoms. The van der Waals surface area contributed by atoms with Crippen LogP contribution in [0.2, 0.25) is 0 Å². The van der Waals surface area contributed by atoms with E-state index in [2.05, 4.69) is 29.9 Å². The third kappa shape index (κ3) is 7.15. The summed E-state index contributed by atoms with van der Waals surface area (Å²) in [6.45, 7) is 2.20. The Bertz CT molecular complexity index is 1580. The quantitative estimate of drug-likeness (QED) is 0.360. The van der Waals surface area contributed by atoms with Gasteiger partial charge in [-0.05, 0) is 49.9 Å². The molecule has 2 aliphatic heterocycles. The van der Waals surface area contributed by atoms with Crippen molar-refractivity contribution in [2.45, 2.75) is 43.7 Å². The van der Waals surface area contributed by atoms with Crippen molar-refractivity contribution < 1.29 is 22.6 Å². The number of nitrogens with one attached hydrogen (secondary N) is 2. The average Bonchev–Trinajstić information content (AvgIpc) is 3.02. The predicted octanol–water partition coefficient (Wildman–Crippen LogP) is 4.47. The first-order chi connectivity index (χ1) is 20.3. The average molecular weight is 583 g/mol. The largest absolute Gasteiger partial charge is 0.423 e. The summed E-state index contributed by atoms with van der Waals surface area (Å²) in [6.07, 6.45) is 4.28. The van der Waals surface area contributed by atoms with Crippen molar-refractivity contribution >= 4 is 0 Å². The lowest BCUT2D eigenvalue weighted by Crippen LogP contribution is -2.29. The molecule has 2 N–H and O–H groups in total. The van der Waals surface area contributed by atoms with Crippen molar-refractivity contribution in [1.29, 1.82) is 0 Å². The Kier molecular flexibility index (Phi) is 9.18. The van der Waals surface area contributed by atoms with Gasteiger partial charge in [0.1, 0.15) is 17.2 Å². The van der Waals surface area contributed by atoms with E-state index >= 15 is 0 Å². The smallest absolute Gasteiger partial charge is 0.381 e. The molecule has 0 bridgehead atoms. The zero-order chi connectivity index (χ0) is 29.5. The van der Waals surface area contributed by atoms with Crippen molar-refractivity contribution in [3.63, 3.8) is 0 Å². The maximum atomic E-state index is 13.3. The number of halogens is 3. The summed E-state index contributed by atoms with van der Waals surface area (Å²) in [5, 5.41) is 0. The standard InChI is InChI=1S/C15H14F3N3O2.C14H15N3O2/c16-15(17,18)11-12(9-3-7-23-8-4-9)20-13(21-14(11)22)10-1-5-19-6-2-10;18-13-9-12(10-3-7-19-8-4-10)16-14(17-13)11-1-5-15-6-2-11/h1-2,5-6,9H,3-4,7-8H2,(H,20,21,22);1-2,5-6,9-10H,3-4,7-8H2,(H,16,17,18). The van der Waals surface area contributed by atoms with Crippen molar-refractivity contribution in [2.24, 2.45) is 0 Å². The van der Waals surface area contributed by atoms with E-state index in [0.29, 0.717) is 43.4 Å². The second-order valence-corrected chi connectivity index (χ2v) is 9.94. The Balaban J connectivity index is 0.000000171. The Morgan fingerprint density at radius 1 is 0.714 bits per heavy atom. The highest BCUT2D eigenvalue weighted by molar-refractivity contribution is 5.54. The highest BCUT2D eigenvalue weighted by Crippen LogP contribution is 2.36. The molecule has 2 aliphatic rings. The van der Waals surface area contributed by atoms with Crippen LogP contribution in [0.5, 0.6) is 0 Å². The van der Waals surface area contributed by atoms with Crippen LogP contribution in [0.15, 0.2) is 64.7 Å². The van der Waals surface area contributed by atoms with Gasteiger partial charge in [0.25, 0.3) is 11.1 Å². The minimum absolute atomic E-state index is 0.108. The molecule has 0 atom stereocenters. The number of alkyl halides is 3. The molecule has 0 unspecified atom stereocenters. The molecule has 42 heavy (non-hydrogen) atoms. The molecule has 0 aliphatic carbocycles. The highest BCUT2D eigenvalue weighted by Gasteiger charge is 2.40. The summed E-state index contributed by atoms with van der Waals surface area (Å²) in [7, 11) is 0. The lowest BCUT2D eigenvalue weighted by atomic mass is 9.93. The van der Waals surface area contributed by atoms with Crippen LogP contribution in [0.25, 0.3) is 22.8 Å². The molecule has 4 aromatic rings. The number of hydrogen-bond donors (Lipinski definition) is 2. The summed E-state index contributed by atoms with van der Waals surface area (Å²) in [6, 6.07) is 8.44. The van der Waals surface area contributed by atoms with E-state index in [1.807, 2.05) is 12.1 Å². The zero-order valence-corrected chi connectivity index (χ0v) is 22.6. The van der Waals surface area contributed by atoms with Crippen molar-refractivity contribution in [2.75, 3.05) is 26.4 Å². The van der Waals surface area contributed by atoms with Crippen LogP contribution in [0.3, 0.4) is 0 Å². The van der Waals surface area contributed by atoms with Crippen LogP contribution in [-0.2, 0) is 15.7 Å². The lowest BCUT2D eigenvalue weighted by molar-refractivity contribution is -0.140. The molecule has 0 aromatic carbocycles.